The van der Waals surface area contributed by atoms with E-state index in [0.29, 0.717) is 5.92 Å². The van der Waals surface area contributed by atoms with Crippen molar-refractivity contribution in [2.75, 3.05) is 26.2 Å². The number of carbonyl (C=O) groups excluding carboxylic acids is 1. The summed E-state index contributed by atoms with van der Waals surface area (Å²) in [5, 5.41) is 0. The summed E-state index contributed by atoms with van der Waals surface area (Å²) in [6.45, 7) is 10.4. The van der Waals surface area contributed by atoms with Gasteiger partial charge in [0.25, 0.3) is 0 Å². The van der Waals surface area contributed by atoms with Gasteiger partial charge in [0.15, 0.2) is 0 Å². The first-order valence-corrected chi connectivity index (χ1v) is 8.09. The molecule has 3 rings (SSSR count). The molecule has 2 aliphatic rings. The second kappa shape index (κ2) is 5.36. The highest BCUT2D eigenvalue weighted by Crippen LogP contribution is 2.30. The minimum absolute atomic E-state index is 0.204. The fraction of sp³-hybridized carbons (Fsp3) is 0.611. The van der Waals surface area contributed by atoms with Crippen LogP contribution < -0.4 is 0 Å². The molecule has 1 aromatic carbocycles. The second-order valence-corrected chi connectivity index (χ2v) is 7.45. The summed E-state index contributed by atoms with van der Waals surface area (Å²) in [6, 6.07) is 9.20. The molecule has 1 aromatic rings. The lowest BCUT2D eigenvalue weighted by Gasteiger charge is -2.41. The second-order valence-electron chi connectivity index (χ2n) is 7.45. The molecule has 2 heterocycles. The molecule has 0 spiro atoms. The number of rotatable bonds is 1. The van der Waals surface area contributed by atoms with E-state index in [0.717, 1.165) is 39.0 Å². The molecule has 0 saturated carbocycles. The number of benzene rings is 1. The molecule has 3 heteroatoms. The van der Waals surface area contributed by atoms with E-state index < -0.39 is 0 Å². The summed E-state index contributed by atoms with van der Waals surface area (Å²) < 4.78 is 0. The zero-order chi connectivity index (χ0) is 15.0. The third-order valence-corrected chi connectivity index (χ3v) is 4.78. The van der Waals surface area contributed by atoms with Gasteiger partial charge in [-0.2, -0.15) is 0 Å². The fourth-order valence-electron chi connectivity index (χ4n) is 3.21. The van der Waals surface area contributed by atoms with E-state index >= 15 is 0 Å². The Morgan fingerprint density at radius 3 is 2.10 bits per heavy atom. The van der Waals surface area contributed by atoms with Crippen LogP contribution in [0.1, 0.15) is 50.7 Å². The van der Waals surface area contributed by atoms with Crippen LogP contribution in [0.15, 0.2) is 24.3 Å². The molecule has 0 bridgehead atoms. The number of amides is 2. The summed E-state index contributed by atoms with van der Waals surface area (Å²) in [6.07, 6.45) is 2.33. The average Bonchev–Trinajstić information content (AvgIpc) is 2.90. The van der Waals surface area contributed by atoms with Gasteiger partial charge in [0.2, 0.25) is 0 Å². The van der Waals surface area contributed by atoms with Gasteiger partial charge in [-0.1, -0.05) is 45.0 Å². The van der Waals surface area contributed by atoms with Crippen LogP contribution >= 0.6 is 0 Å². The molecule has 0 N–H and O–H groups in total. The van der Waals surface area contributed by atoms with Gasteiger partial charge in [-0.15, -0.1) is 0 Å². The maximum absolute atomic E-state index is 12.2. The van der Waals surface area contributed by atoms with E-state index in [1.807, 2.05) is 9.80 Å². The third kappa shape index (κ3) is 2.92. The van der Waals surface area contributed by atoms with E-state index in [2.05, 4.69) is 45.0 Å². The fourth-order valence-corrected chi connectivity index (χ4v) is 3.21. The van der Waals surface area contributed by atoms with E-state index in [9.17, 15) is 4.79 Å². The number of urea groups is 1. The highest BCUT2D eigenvalue weighted by molar-refractivity contribution is 5.76. The van der Waals surface area contributed by atoms with Crippen molar-refractivity contribution >= 4 is 6.03 Å². The van der Waals surface area contributed by atoms with Crippen molar-refractivity contribution in [1.29, 1.82) is 0 Å². The molecule has 21 heavy (non-hydrogen) atoms. The monoisotopic (exact) mass is 286 g/mol. The van der Waals surface area contributed by atoms with Crippen molar-refractivity contribution < 1.29 is 4.79 Å². The average molecular weight is 286 g/mol. The standard InChI is InChI=1S/C18H26N2O/c1-18(2,3)16-8-6-14(7-9-16)15-12-20(13-15)17(21)19-10-4-5-11-19/h6-9,15H,4-5,10-13H2,1-3H3. The van der Waals surface area contributed by atoms with Crippen molar-refractivity contribution in [3.63, 3.8) is 0 Å². The molecular formula is C18H26N2O. The predicted octanol–water partition coefficient (Wildman–Crippen LogP) is 3.60. The van der Waals surface area contributed by atoms with Gasteiger partial charge in [-0.05, 0) is 29.4 Å². The summed E-state index contributed by atoms with van der Waals surface area (Å²) in [5.41, 5.74) is 2.94. The van der Waals surface area contributed by atoms with E-state index in [4.69, 9.17) is 0 Å². The highest BCUT2D eigenvalue weighted by atomic mass is 16.2. The van der Waals surface area contributed by atoms with E-state index in [1.54, 1.807) is 0 Å². The van der Waals surface area contributed by atoms with Crippen LogP contribution in [0.25, 0.3) is 0 Å². The van der Waals surface area contributed by atoms with Gasteiger partial charge in [0.1, 0.15) is 0 Å². The van der Waals surface area contributed by atoms with Gasteiger partial charge in [0, 0.05) is 32.1 Å². The van der Waals surface area contributed by atoms with Crippen LogP contribution in [-0.4, -0.2) is 42.0 Å². The molecule has 3 nitrogen and oxygen atoms in total. The number of nitrogens with zero attached hydrogens (tertiary/aromatic N) is 2. The first-order valence-electron chi connectivity index (χ1n) is 8.09. The first-order chi connectivity index (χ1) is 9.95. The predicted molar refractivity (Wildman–Crippen MR) is 85.7 cm³/mol. The molecule has 0 unspecified atom stereocenters. The van der Waals surface area contributed by atoms with Crippen LogP contribution in [0.5, 0.6) is 0 Å². The smallest absolute Gasteiger partial charge is 0.320 e. The Morgan fingerprint density at radius 1 is 1.00 bits per heavy atom. The van der Waals surface area contributed by atoms with E-state index in [1.165, 1.54) is 11.1 Å². The molecule has 0 aromatic heterocycles. The molecule has 2 saturated heterocycles. The van der Waals surface area contributed by atoms with Gasteiger partial charge >= 0.3 is 6.03 Å². The zero-order valence-corrected chi connectivity index (χ0v) is 13.4. The summed E-state index contributed by atoms with van der Waals surface area (Å²) in [7, 11) is 0. The lowest BCUT2D eigenvalue weighted by Crippen LogP contribution is -2.53. The lowest BCUT2D eigenvalue weighted by atomic mass is 9.84. The molecule has 0 aliphatic carbocycles. The van der Waals surface area contributed by atoms with Gasteiger partial charge < -0.3 is 9.80 Å². The largest absolute Gasteiger partial charge is 0.325 e. The number of likely N-dealkylation sites (tertiary alicyclic amines) is 2. The Kier molecular flexibility index (Phi) is 3.68. The Balaban J connectivity index is 1.57. The Labute approximate surface area is 127 Å². The number of hydrogen-bond donors (Lipinski definition) is 0. The topological polar surface area (TPSA) is 23.6 Å². The molecular weight excluding hydrogens is 260 g/mol. The van der Waals surface area contributed by atoms with Crippen LogP contribution in [-0.2, 0) is 5.41 Å². The van der Waals surface area contributed by atoms with E-state index in [-0.39, 0.29) is 11.4 Å². The van der Waals surface area contributed by atoms with Crippen molar-refractivity contribution in [3.05, 3.63) is 35.4 Å². The maximum atomic E-state index is 12.2. The summed E-state index contributed by atoms with van der Waals surface area (Å²) in [4.78, 5) is 16.2. The summed E-state index contributed by atoms with van der Waals surface area (Å²) in [5.74, 6) is 0.519. The van der Waals surface area contributed by atoms with Gasteiger partial charge in [-0.3, -0.25) is 0 Å². The summed E-state index contributed by atoms with van der Waals surface area (Å²) >= 11 is 0. The molecule has 0 atom stereocenters. The SMILES string of the molecule is CC(C)(C)c1ccc(C2CN(C(=O)N3CCCC3)C2)cc1. The van der Waals surface area contributed by atoms with Gasteiger partial charge in [0.05, 0.1) is 0 Å². The minimum atomic E-state index is 0.204. The number of carbonyl (C=O) groups is 1. The molecule has 0 radical (unpaired) electrons. The Bertz CT molecular complexity index is 503. The quantitative estimate of drug-likeness (QED) is 0.774. The van der Waals surface area contributed by atoms with Crippen molar-refractivity contribution in [2.24, 2.45) is 0 Å². The van der Waals surface area contributed by atoms with Crippen LogP contribution in [0.4, 0.5) is 4.79 Å². The van der Waals surface area contributed by atoms with Gasteiger partial charge in [-0.25, -0.2) is 4.79 Å². The molecule has 114 valence electrons. The van der Waals surface area contributed by atoms with Crippen molar-refractivity contribution in [3.8, 4) is 0 Å². The van der Waals surface area contributed by atoms with Crippen molar-refractivity contribution in [2.45, 2.75) is 44.9 Å². The van der Waals surface area contributed by atoms with Crippen LogP contribution in [0.3, 0.4) is 0 Å². The van der Waals surface area contributed by atoms with Crippen LogP contribution in [0, 0.1) is 0 Å². The Morgan fingerprint density at radius 2 is 1.57 bits per heavy atom. The molecule has 2 fully saturated rings. The first kappa shape index (κ1) is 14.4. The van der Waals surface area contributed by atoms with Crippen LogP contribution in [0.2, 0.25) is 0 Å². The van der Waals surface area contributed by atoms with Crippen molar-refractivity contribution in [1.82, 2.24) is 9.80 Å². The highest BCUT2D eigenvalue weighted by Gasteiger charge is 2.34. The third-order valence-electron chi connectivity index (χ3n) is 4.78. The number of hydrogen-bond acceptors (Lipinski definition) is 1. The normalized spacial score (nSPS) is 19.8. The Hall–Kier alpha value is -1.51. The molecule has 2 amide bonds. The zero-order valence-electron chi connectivity index (χ0n) is 13.4. The minimum Gasteiger partial charge on any atom is -0.325 e. The lowest BCUT2D eigenvalue weighted by molar-refractivity contribution is 0.121. The molecule has 2 aliphatic heterocycles. The maximum Gasteiger partial charge on any atom is 0.320 e.